The van der Waals surface area contributed by atoms with E-state index in [0.717, 1.165) is 17.3 Å². The minimum absolute atomic E-state index is 0.762. The van der Waals surface area contributed by atoms with Crippen molar-refractivity contribution in [2.24, 2.45) is 0 Å². The van der Waals surface area contributed by atoms with E-state index in [1.807, 2.05) is 11.8 Å². The van der Waals surface area contributed by atoms with Gasteiger partial charge in [-0.15, -0.1) is 0 Å². The molecule has 0 saturated heterocycles. The summed E-state index contributed by atoms with van der Waals surface area (Å²) in [7, 11) is 0. The van der Waals surface area contributed by atoms with E-state index in [1.165, 1.54) is 38.5 Å². The molecule has 1 rings (SSSR count). The molecule has 1 N–H and O–H groups in total. The second-order valence-corrected chi connectivity index (χ2v) is 5.45. The van der Waals surface area contributed by atoms with Crippen LogP contribution in [0.4, 0.5) is 0 Å². The average molecular weight is 215 g/mol. The molecule has 1 aliphatic carbocycles. The highest BCUT2D eigenvalue weighted by Crippen LogP contribution is 2.29. The fourth-order valence-electron chi connectivity index (χ4n) is 2.46. The Hall–Kier alpha value is 0.310. The van der Waals surface area contributed by atoms with Crippen molar-refractivity contribution >= 4 is 11.8 Å². The highest BCUT2D eigenvalue weighted by molar-refractivity contribution is 7.99. The predicted octanol–water partition coefficient (Wildman–Crippen LogP) is 3.44. The van der Waals surface area contributed by atoms with Crippen LogP contribution in [0.5, 0.6) is 0 Å². The summed E-state index contributed by atoms with van der Waals surface area (Å²) in [5.41, 5.74) is 0. The van der Waals surface area contributed by atoms with Gasteiger partial charge in [0, 0.05) is 17.3 Å². The second-order valence-electron chi connectivity index (χ2n) is 4.37. The van der Waals surface area contributed by atoms with Crippen molar-refractivity contribution in [3.05, 3.63) is 0 Å². The smallest absolute Gasteiger partial charge is 0.0198 e. The molecule has 0 aliphatic heterocycles. The Balaban J connectivity index is 2.32. The Bertz CT molecular complexity index is 149. The van der Waals surface area contributed by atoms with Crippen LogP contribution in [0.15, 0.2) is 0 Å². The molecule has 1 fully saturated rings. The van der Waals surface area contributed by atoms with Gasteiger partial charge in [0.05, 0.1) is 0 Å². The summed E-state index contributed by atoms with van der Waals surface area (Å²) in [5, 5.41) is 4.72. The molecule has 0 aromatic carbocycles. The molecule has 2 heteroatoms. The van der Waals surface area contributed by atoms with E-state index >= 15 is 0 Å². The number of thioether (sulfide) groups is 1. The topological polar surface area (TPSA) is 12.0 Å². The monoisotopic (exact) mass is 215 g/mol. The minimum atomic E-state index is 0.762. The van der Waals surface area contributed by atoms with Gasteiger partial charge in [-0.1, -0.05) is 26.7 Å². The van der Waals surface area contributed by atoms with E-state index in [0.29, 0.717) is 0 Å². The summed E-state index contributed by atoms with van der Waals surface area (Å²) in [4.78, 5) is 0. The van der Waals surface area contributed by atoms with Gasteiger partial charge in [0.25, 0.3) is 0 Å². The molecule has 0 aromatic heterocycles. The average Bonchev–Trinajstić information content (AvgIpc) is 2.64. The molecule has 3 unspecified atom stereocenters. The van der Waals surface area contributed by atoms with Gasteiger partial charge in [0.2, 0.25) is 0 Å². The molecule has 1 aliphatic rings. The van der Waals surface area contributed by atoms with Gasteiger partial charge in [-0.2, -0.15) is 11.8 Å². The van der Waals surface area contributed by atoms with Crippen LogP contribution in [0, 0.1) is 0 Å². The lowest BCUT2D eigenvalue weighted by Crippen LogP contribution is -2.41. The molecule has 14 heavy (non-hydrogen) atoms. The van der Waals surface area contributed by atoms with E-state index in [9.17, 15) is 0 Å². The first-order valence-corrected chi connectivity index (χ1v) is 7.39. The fourth-order valence-corrected chi connectivity index (χ4v) is 3.40. The van der Waals surface area contributed by atoms with Crippen LogP contribution >= 0.6 is 11.8 Å². The first-order valence-electron chi connectivity index (χ1n) is 6.10. The predicted molar refractivity (Wildman–Crippen MR) is 67.1 cm³/mol. The molecule has 84 valence electrons. The lowest BCUT2D eigenvalue weighted by Gasteiger charge is -2.25. The van der Waals surface area contributed by atoms with Crippen molar-refractivity contribution in [1.29, 1.82) is 0 Å². The molecule has 0 heterocycles. The Morgan fingerprint density at radius 2 is 2.14 bits per heavy atom. The Morgan fingerprint density at radius 1 is 1.36 bits per heavy atom. The lowest BCUT2D eigenvalue weighted by atomic mass is 10.1. The standard InChI is InChI=1S/C12H25NS/c1-4-7-10(5-2)13-11-8-6-9-12(11)14-3/h10-13H,4-9H2,1-3H3. The molecule has 0 amide bonds. The van der Waals surface area contributed by atoms with Gasteiger partial charge < -0.3 is 5.32 Å². The van der Waals surface area contributed by atoms with Crippen molar-refractivity contribution in [2.75, 3.05) is 6.26 Å². The van der Waals surface area contributed by atoms with Gasteiger partial charge in [-0.05, 0) is 31.9 Å². The second kappa shape index (κ2) is 6.73. The molecule has 1 saturated carbocycles. The van der Waals surface area contributed by atoms with E-state index in [4.69, 9.17) is 0 Å². The fraction of sp³-hybridized carbons (Fsp3) is 1.00. The molecule has 0 radical (unpaired) electrons. The van der Waals surface area contributed by atoms with Gasteiger partial charge >= 0.3 is 0 Å². The van der Waals surface area contributed by atoms with Crippen molar-refractivity contribution in [1.82, 2.24) is 5.32 Å². The summed E-state index contributed by atoms with van der Waals surface area (Å²) >= 11 is 2.05. The normalized spacial score (nSPS) is 29.4. The SMILES string of the molecule is CCCC(CC)NC1CCCC1SC. The summed E-state index contributed by atoms with van der Waals surface area (Å²) in [5.74, 6) is 0. The zero-order chi connectivity index (χ0) is 10.4. The van der Waals surface area contributed by atoms with Gasteiger partial charge in [-0.25, -0.2) is 0 Å². The Labute approximate surface area is 93.4 Å². The quantitative estimate of drug-likeness (QED) is 0.728. The Morgan fingerprint density at radius 3 is 2.71 bits per heavy atom. The Kier molecular flexibility index (Phi) is 5.95. The molecule has 3 atom stereocenters. The number of hydrogen-bond donors (Lipinski definition) is 1. The number of rotatable bonds is 6. The van der Waals surface area contributed by atoms with Crippen LogP contribution in [0.3, 0.4) is 0 Å². The molecular weight excluding hydrogens is 190 g/mol. The van der Waals surface area contributed by atoms with Gasteiger partial charge in [0.15, 0.2) is 0 Å². The van der Waals surface area contributed by atoms with Crippen LogP contribution in [-0.2, 0) is 0 Å². The van der Waals surface area contributed by atoms with E-state index in [-0.39, 0.29) is 0 Å². The number of hydrogen-bond acceptors (Lipinski definition) is 2. The third kappa shape index (κ3) is 3.47. The van der Waals surface area contributed by atoms with Gasteiger partial charge in [-0.3, -0.25) is 0 Å². The largest absolute Gasteiger partial charge is 0.310 e. The zero-order valence-corrected chi connectivity index (χ0v) is 10.7. The number of nitrogens with one attached hydrogen (secondary N) is 1. The van der Waals surface area contributed by atoms with E-state index in [2.05, 4.69) is 25.4 Å². The minimum Gasteiger partial charge on any atom is -0.310 e. The van der Waals surface area contributed by atoms with Crippen molar-refractivity contribution in [2.45, 2.75) is 69.7 Å². The maximum atomic E-state index is 3.85. The van der Waals surface area contributed by atoms with Crippen LogP contribution in [0.1, 0.15) is 52.4 Å². The third-order valence-corrected chi connectivity index (χ3v) is 4.50. The van der Waals surface area contributed by atoms with Crippen molar-refractivity contribution in [3.8, 4) is 0 Å². The first kappa shape index (κ1) is 12.4. The van der Waals surface area contributed by atoms with Crippen molar-refractivity contribution in [3.63, 3.8) is 0 Å². The molecular formula is C12H25NS. The maximum absolute atomic E-state index is 3.85. The lowest BCUT2D eigenvalue weighted by molar-refractivity contribution is 0.402. The maximum Gasteiger partial charge on any atom is 0.0198 e. The zero-order valence-electron chi connectivity index (χ0n) is 9.88. The molecule has 1 nitrogen and oxygen atoms in total. The van der Waals surface area contributed by atoms with Crippen LogP contribution < -0.4 is 5.32 Å². The molecule has 0 aromatic rings. The van der Waals surface area contributed by atoms with Crippen LogP contribution in [-0.4, -0.2) is 23.6 Å². The van der Waals surface area contributed by atoms with Crippen LogP contribution in [0.2, 0.25) is 0 Å². The summed E-state index contributed by atoms with van der Waals surface area (Å²) in [6, 6.07) is 1.55. The van der Waals surface area contributed by atoms with E-state index in [1.54, 1.807) is 0 Å². The van der Waals surface area contributed by atoms with Crippen molar-refractivity contribution < 1.29 is 0 Å². The highest BCUT2D eigenvalue weighted by atomic mass is 32.2. The molecule has 0 spiro atoms. The first-order chi connectivity index (χ1) is 6.81. The molecule has 0 bridgehead atoms. The summed E-state index contributed by atoms with van der Waals surface area (Å²) in [6.45, 7) is 4.58. The van der Waals surface area contributed by atoms with Crippen LogP contribution in [0.25, 0.3) is 0 Å². The third-order valence-electron chi connectivity index (χ3n) is 3.34. The summed E-state index contributed by atoms with van der Waals surface area (Å²) in [6.07, 6.45) is 10.4. The van der Waals surface area contributed by atoms with Gasteiger partial charge in [0.1, 0.15) is 0 Å². The highest BCUT2D eigenvalue weighted by Gasteiger charge is 2.27. The summed E-state index contributed by atoms with van der Waals surface area (Å²) < 4.78 is 0. The van der Waals surface area contributed by atoms with E-state index < -0.39 is 0 Å².